The van der Waals surface area contributed by atoms with Crippen LogP contribution in [0, 0.1) is 0 Å². The second-order valence-electron chi connectivity index (χ2n) is 3.22. The third-order valence-corrected chi connectivity index (χ3v) is 3.29. The average molecular weight is 309 g/mol. The summed E-state index contributed by atoms with van der Waals surface area (Å²) in [4.78, 5) is 12.7. The molecule has 0 radical (unpaired) electrons. The van der Waals surface area contributed by atoms with Crippen LogP contribution < -0.4 is 5.43 Å². The SMILES string of the molecule is O=C(NN=Cc1cccs1)c1cccc(Br)c1. The minimum Gasteiger partial charge on any atom is -0.267 e. The van der Waals surface area contributed by atoms with Crippen LogP contribution in [0.3, 0.4) is 0 Å². The Morgan fingerprint density at radius 3 is 2.94 bits per heavy atom. The zero-order valence-corrected chi connectivity index (χ0v) is 11.2. The molecule has 0 aliphatic rings. The van der Waals surface area contributed by atoms with Gasteiger partial charge in [-0.2, -0.15) is 5.10 Å². The standard InChI is InChI=1S/C12H9BrN2OS/c13-10-4-1-3-9(7-10)12(16)15-14-8-11-5-2-6-17-11/h1-8H,(H,15,16). The number of nitrogens with zero attached hydrogens (tertiary/aromatic N) is 1. The number of carbonyl (C=O) groups is 1. The van der Waals surface area contributed by atoms with Crippen molar-refractivity contribution in [2.45, 2.75) is 0 Å². The Bertz CT molecular complexity index is 537. The van der Waals surface area contributed by atoms with Crippen LogP contribution in [0.15, 0.2) is 51.4 Å². The van der Waals surface area contributed by atoms with E-state index in [-0.39, 0.29) is 5.91 Å². The molecule has 0 aliphatic carbocycles. The van der Waals surface area contributed by atoms with Crippen molar-refractivity contribution in [1.29, 1.82) is 0 Å². The van der Waals surface area contributed by atoms with Crippen molar-refractivity contribution in [3.05, 3.63) is 56.7 Å². The average Bonchev–Trinajstić information content (AvgIpc) is 2.82. The molecule has 3 nitrogen and oxygen atoms in total. The summed E-state index contributed by atoms with van der Waals surface area (Å²) in [5.41, 5.74) is 3.05. The minimum atomic E-state index is -0.223. The summed E-state index contributed by atoms with van der Waals surface area (Å²) in [5.74, 6) is -0.223. The van der Waals surface area contributed by atoms with Crippen molar-refractivity contribution in [2.24, 2.45) is 5.10 Å². The van der Waals surface area contributed by atoms with Gasteiger partial charge >= 0.3 is 0 Å². The summed E-state index contributed by atoms with van der Waals surface area (Å²) in [7, 11) is 0. The van der Waals surface area contributed by atoms with Gasteiger partial charge in [0.1, 0.15) is 0 Å². The predicted octanol–water partition coefficient (Wildman–Crippen LogP) is 3.27. The predicted molar refractivity (Wildman–Crippen MR) is 73.5 cm³/mol. The van der Waals surface area contributed by atoms with Gasteiger partial charge in [0.15, 0.2) is 0 Å². The highest BCUT2D eigenvalue weighted by molar-refractivity contribution is 9.10. The van der Waals surface area contributed by atoms with E-state index in [2.05, 4.69) is 26.5 Å². The summed E-state index contributed by atoms with van der Waals surface area (Å²) < 4.78 is 0.868. The van der Waals surface area contributed by atoms with Crippen LogP contribution in [0.1, 0.15) is 15.2 Å². The van der Waals surface area contributed by atoms with Crippen molar-refractivity contribution in [3.8, 4) is 0 Å². The maximum atomic E-state index is 11.7. The summed E-state index contributed by atoms with van der Waals surface area (Å²) in [6, 6.07) is 11.0. The molecule has 1 amide bonds. The van der Waals surface area contributed by atoms with Crippen LogP contribution in [0.5, 0.6) is 0 Å². The van der Waals surface area contributed by atoms with Crippen LogP contribution in [-0.2, 0) is 0 Å². The third kappa shape index (κ3) is 3.51. The van der Waals surface area contributed by atoms with Gasteiger partial charge in [0.2, 0.25) is 0 Å². The van der Waals surface area contributed by atoms with Crippen molar-refractivity contribution in [1.82, 2.24) is 5.43 Å². The first-order valence-electron chi connectivity index (χ1n) is 4.88. The Balaban J connectivity index is 1.98. The van der Waals surface area contributed by atoms with E-state index in [0.717, 1.165) is 9.35 Å². The first kappa shape index (κ1) is 12.0. The van der Waals surface area contributed by atoms with Gasteiger partial charge in [0.25, 0.3) is 5.91 Å². The van der Waals surface area contributed by atoms with Gasteiger partial charge in [-0.3, -0.25) is 4.79 Å². The molecule has 1 aromatic carbocycles. The van der Waals surface area contributed by atoms with E-state index < -0.39 is 0 Å². The molecule has 5 heteroatoms. The molecule has 86 valence electrons. The van der Waals surface area contributed by atoms with E-state index in [1.165, 1.54) is 0 Å². The molecular weight excluding hydrogens is 300 g/mol. The number of hydrazone groups is 1. The molecule has 0 unspecified atom stereocenters. The Hall–Kier alpha value is -1.46. The largest absolute Gasteiger partial charge is 0.271 e. The van der Waals surface area contributed by atoms with Gasteiger partial charge in [-0.05, 0) is 29.6 Å². The fourth-order valence-electron chi connectivity index (χ4n) is 1.21. The molecule has 2 rings (SSSR count). The molecule has 0 saturated heterocycles. The number of nitrogens with one attached hydrogen (secondary N) is 1. The van der Waals surface area contributed by atoms with Crippen LogP contribution in [0.25, 0.3) is 0 Å². The number of amides is 1. The number of benzene rings is 1. The van der Waals surface area contributed by atoms with Crippen molar-refractivity contribution in [3.63, 3.8) is 0 Å². The summed E-state index contributed by atoms with van der Waals surface area (Å²) in [6.45, 7) is 0. The molecular formula is C12H9BrN2OS. The van der Waals surface area contributed by atoms with Gasteiger partial charge in [-0.25, -0.2) is 5.43 Å². The lowest BCUT2D eigenvalue weighted by atomic mass is 10.2. The smallest absolute Gasteiger partial charge is 0.267 e. The van der Waals surface area contributed by atoms with Crippen LogP contribution in [-0.4, -0.2) is 12.1 Å². The molecule has 0 atom stereocenters. The van der Waals surface area contributed by atoms with Crippen molar-refractivity contribution in [2.75, 3.05) is 0 Å². The number of rotatable bonds is 3. The Morgan fingerprint density at radius 2 is 2.24 bits per heavy atom. The molecule has 1 heterocycles. The lowest BCUT2D eigenvalue weighted by molar-refractivity contribution is 0.0955. The van der Waals surface area contributed by atoms with E-state index in [9.17, 15) is 4.79 Å². The van der Waals surface area contributed by atoms with Crippen LogP contribution in [0.4, 0.5) is 0 Å². The molecule has 1 aromatic heterocycles. The van der Waals surface area contributed by atoms with Gasteiger partial charge in [0.05, 0.1) is 6.21 Å². The monoisotopic (exact) mass is 308 g/mol. The van der Waals surface area contributed by atoms with Gasteiger partial charge in [-0.1, -0.05) is 28.1 Å². The molecule has 17 heavy (non-hydrogen) atoms. The van der Waals surface area contributed by atoms with Gasteiger partial charge in [0, 0.05) is 14.9 Å². The number of carbonyl (C=O) groups excluding carboxylic acids is 1. The topological polar surface area (TPSA) is 41.5 Å². The van der Waals surface area contributed by atoms with Crippen molar-refractivity contribution >= 4 is 39.4 Å². The second kappa shape index (κ2) is 5.75. The fourth-order valence-corrected chi connectivity index (χ4v) is 2.20. The molecule has 2 aromatic rings. The minimum absolute atomic E-state index is 0.223. The zero-order chi connectivity index (χ0) is 12.1. The zero-order valence-electron chi connectivity index (χ0n) is 8.76. The van der Waals surface area contributed by atoms with Crippen LogP contribution in [0.2, 0.25) is 0 Å². The van der Waals surface area contributed by atoms with Gasteiger partial charge < -0.3 is 0 Å². The maximum absolute atomic E-state index is 11.7. The lowest BCUT2D eigenvalue weighted by Crippen LogP contribution is -2.17. The van der Waals surface area contributed by atoms with Gasteiger partial charge in [-0.15, -0.1) is 11.3 Å². The quantitative estimate of drug-likeness (QED) is 0.686. The summed E-state index contributed by atoms with van der Waals surface area (Å²) in [6.07, 6.45) is 1.63. The molecule has 0 aliphatic heterocycles. The molecule has 0 saturated carbocycles. The highest BCUT2D eigenvalue weighted by atomic mass is 79.9. The molecule has 0 spiro atoms. The van der Waals surface area contributed by atoms with E-state index in [4.69, 9.17) is 0 Å². The lowest BCUT2D eigenvalue weighted by Gasteiger charge is -1.99. The number of thiophene rings is 1. The first-order valence-corrected chi connectivity index (χ1v) is 6.55. The maximum Gasteiger partial charge on any atom is 0.271 e. The molecule has 0 fully saturated rings. The molecule has 1 N–H and O–H groups in total. The van der Waals surface area contributed by atoms with Crippen molar-refractivity contribution < 1.29 is 4.79 Å². The van der Waals surface area contributed by atoms with Crippen LogP contribution >= 0.6 is 27.3 Å². The highest BCUT2D eigenvalue weighted by Gasteiger charge is 2.03. The second-order valence-corrected chi connectivity index (χ2v) is 5.12. The Labute approximate surface area is 111 Å². The number of hydrogen-bond donors (Lipinski definition) is 1. The third-order valence-electron chi connectivity index (χ3n) is 1.99. The summed E-state index contributed by atoms with van der Waals surface area (Å²) in [5, 5.41) is 5.85. The number of hydrogen-bond acceptors (Lipinski definition) is 3. The van der Waals surface area contributed by atoms with E-state index >= 15 is 0 Å². The fraction of sp³-hybridized carbons (Fsp3) is 0. The highest BCUT2D eigenvalue weighted by Crippen LogP contribution is 2.11. The Kier molecular flexibility index (Phi) is 4.06. The first-order chi connectivity index (χ1) is 8.25. The number of halogens is 1. The van der Waals surface area contributed by atoms with E-state index in [1.807, 2.05) is 29.6 Å². The van der Waals surface area contributed by atoms with E-state index in [1.54, 1.807) is 29.7 Å². The summed E-state index contributed by atoms with van der Waals surface area (Å²) >= 11 is 4.88. The Morgan fingerprint density at radius 1 is 1.35 bits per heavy atom. The van der Waals surface area contributed by atoms with E-state index in [0.29, 0.717) is 5.56 Å². The normalized spacial score (nSPS) is 10.6. The molecule has 0 bridgehead atoms.